The minimum absolute atomic E-state index is 0.420. The van der Waals surface area contributed by atoms with Crippen molar-refractivity contribution in [3.05, 3.63) is 24.3 Å². The fraction of sp³-hybridized carbons (Fsp3) is 0.588. The molecule has 21 heavy (non-hydrogen) atoms. The van der Waals surface area contributed by atoms with Gasteiger partial charge in [-0.2, -0.15) is 5.26 Å². The van der Waals surface area contributed by atoms with Gasteiger partial charge in [0, 0.05) is 13.1 Å². The van der Waals surface area contributed by atoms with E-state index in [1.807, 2.05) is 26.0 Å². The van der Waals surface area contributed by atoms with Gasteiger partial charge in [-0.15, -0.1) is 0 Å². The van der Waals surface area contributed by atoms with Crippen LogP contribution in [0.3, 0.4) is 0 Å². The van der Waals surface area contributed by atoms with Gasteiger partial charge >= 0.3 is 0 Å². The van der Waals surface area contributed by atoms with Crippen molar-refractivity contribution < 1.29 is 4.74 Å². The van der Waals surface area contributed by atoms with Gasteiger partial charge in [0.1, 0.15) is 11.3 Å². The maximum absolute atomic E-state index is 9.31. The van der Waals surface area contributed by atoms with E-state index in [0.29, 0.717) is 0 Å². The summed E-state index contributed by atoms with van der Waals surface area (Å²) in [5.74, 6) is 0.977. The summed E-state index contributed by atoms with van der Waals surface area (Å²) in [6.07, 6.45) is 2.89. The number of rotatable bonds is 6. The number of nitriles is 1. The molecule has 1 atom stereocenters. The average Bonchev–Trinajstić information content (AvgIpc) is 2.70. The van der Waals surface area contributed by atoms with Crippen molar-refractivity contribution >= 4 is 5.69 Å². The first-order valence-electron chi connectivity index (χ1n) is 7.81. The van der Waals surface area contributed by atoms with Crippen molar-refractivity contribution in [1.29, 1.82) is 5.26 Å². The van der Waals surface area contributed by atoms with Crippen molar-refractivity contribution in [2.45, 2.75) is 38.6 Å². The Morgan fingerprint density at radius 2 is 2.24 bits per heavy atom. The van der Waals surface area contributed by atoms with Gasteiger partial charge in [0.15, 0.2) is 0 Å². The molecule has 1 aliphatic heterocycles. The fourth-order valence-electron chi connectivity index (χ4n) is 2.83. The lowest BCUT2D eigenvalue weighted by Gasteiger charge is -2.27. The van der Waals surface area contributed by atoms with Crippen LogP contribution in [0.25, 0.3) is 0 Å². The molecule has 0 fully saturated rings. The smallest absolute Gasteiger partial charge is 0.142 e. The van der Waals surface area contributed by atoms with Gasteiger partial charge in [0.05, 0.1) is 18.4 Å². The first-order chi connectivity index (χ1) is 10.2. The normalized spacial score (nSPS) is 17.1. The molecule has 0 aromatic heterocycles. The van der Waals surface area contributed by atoms with Gasteiger partial charge in [-0.3, -0.25) is 5.32 Å². The van der Waals surface area contributed by atoms with Gasteiger partial charge in [0.2, 0.25) is 0 Å². The second-order valence-corrected chi connectivity index (χ2v) is 5.73. The van der Waals surface area contributed by atoms with Crippen LogP contribution in [0.15, 0.2) is 24.3 Å². The number of nitrogens with one attached hydrogen (secondary N) is 1. The lowest BCUT2D eigenvalue weighted by atomic mass is 9.97. The third-order valence-electron chi connectivity index (χ3n) is 3.95. The van der Waals surface area contributed by atoms with E-state index < -0.39 is 5.54 Å². The average molecular weight is 287 g/mol. The van der Waals surface area contributed by atoms with Gasteiger partial charge in [-0.1, -0.05) is 19.1 Å². The molecule has 1 aromatic rings. The molecule has 4 nitrogen and oxygen atoms in total. The summed E-state index contributed by atoms with van der Waals surface area (Å²) < 4.78 is 5.78. The highest BCUT2D eigenvalue weighted by Crippen LogP contribution is 2.30. The first kappa shape index (κ1) is 15.7. The third-order valence-corrected chi connectivity index (χ3v) is 3.95. The monoisotopic (exact) mass is 287 g/mol. The Balaban J connectivity index is 1.96. The Bertz CT molecular complexity index is 497. The second-order valence-electron chi connectivity index (χ2n) is 5.73. The van der Waals surface area contributed by atoms with Crippen LogP contribution in [0, 0.1) is 11.3 Å². The Morgan fingerprint density at radius 1 is 1.43 bits per heavy atom. The minimum atomic E-state index is -0.420. The van der Waals surface area contributed by atoms with Crippen molar-refractivity contribution in [1.82, 2.24) is 5.32 Å². The van der Waals surface area contributed by atoms with E-state index in [1.54, 1.807) is 0 Å². The first-order valence-corrected chi connectivity index (χ1v) is 7.81. The van der Waals surface area contributed by atoms with E-state index in [9.17, 15) is 5.26 Å². The molecule has 114 valence electrons. The van der Waals surface area contributed by atoms with E-state index in [0.717, 1.165) is 51.3 Å². The molecule has 1 N–H and O–H groups in total. The zero-order valence-electron chi connectivity index (χ0n) is 13.1. The molecule has 1 aliphatic rings. The number of hydrogen-bond acceptors (Lipinski definition) is 4. The largest absolute Gasteiger partial charge is 0.491 e. The van der Waals surface area contributed by atoms with E-state index in [2.05, 4.69) is 28.4 Å². The number of ether oxygens (including phenoxy) is 1. The van der Waals surface area contributed by atoms with Gasteiger partial charge in [-0.05, 0) is 44.9 Å². The topological polar surface area (TPSA) is 48.3 Å². The lowest BCUT2D eigenvalue weighted by Crippen LogP contribution is -2.41. The van der Waals surface area contributed by atoms with Crippen molar-refractivity contribution in [3.63, 3.8) is 0 Å². The molecule has 2 rings (SSSR count). The molecule has 4 heteroatoms. The Labute approximate surface area is 127 Å². The van der Waals surface area contributed by atoms with Crippen LogP contribution in [-0.2, 0) is 0 Å². The maximum atomic E-state index is 9.31. The van der Waals surface area contributed by atoms with E-state index in [1.165, 1.54) is 5.69 Å². The van der Waals surface area contributed by atoms with Gasteiger partial charge < -0.3 is 9.64 Å². The molecule has 0 saturated heterocycles. The summed E-state index contributed by atoms with van der Waals surface area (Å²) in [5, 5.41) is 12.6. The molecule has 1 unspecified atom stereocenters. The number of anilines is 1. The van der Waals surface area contributed by atoms with Crippen molar-refractivity contribution in [2.75, 3.05) is 31.1 Å². The van der Waals surface area contributed by atoms with Crippen LogP contribution in [0.2, 0.25) is 0 Å². The zero-order valence-corrected chi connectivity index (χ0v) is 13.1. The number of benzene rings is 1. The summed E-state index contributed by atoms with van der Waals surface area (Å²) in [4.78, 5) is 2.38. The number of hydrogen-bond donors (Lipinski definition) is 1. The fourth-order valence-corrected chi connectivity index (χ4v) is 2.83. The molecular formula is C17H25N3O. The SMILES string of the molecule is CCNC(C)(C#N)CCCN1CCCOc2ccccc21. The predicted octanol–water partition coefficient (Wildman–Crippen LogP) is 2.95. The quantitative estimate of drug-likeness (QED) is 0.874. The standard InChI is InChI=1S/C17H25N3O/c1-3-19-17(2,14-18)10-6-11-20-12-7-13-21-16-9-5-4-8-15(16)20/h4-5,8-9,19H,3,6-7,10-13H2,1-2H3. The van der Waals surface area contributed by atoms with Crippen molar-refractivity contribution in [3.8, 4) is 11.8 Å². The summed E-state index contributed by atoms with van der Waals surface area (Å²) in [6.45, 7) is 7.60. The highest BCUT2D eigenvalue weighted by molar-refractivity contribution is 5.58. The minimum Gasteiger partial charge on any atom is -0.491 e. The molecular weight excluding hydrogens is 262 g/mol. The highest BCUT2D eigenvalue weighted by atomic mass is 16.5. The maximum Gasteiger partial charge on any atom is 0.142 e. The van der Waals surface area contributed by atoms with Crippen LogP contribution < -0.4 is 15.0 Å². The lowest BCUT2D eigenvalue weighted by molar-refractivity contribution is 0.322. The summed E-state index contributed by atoms with van der Waals surface area (Å²) >= 11 is 0. The van der Waals surface area contributed by atoms with E-state index in [4.69, 9.17) is 4.74 Å². The summed E-state index contributed by atoms with van der Waals surface area (Å²) in [6, 6.07) is 10.6. The summed E-state index contributed by atoms with van der Waals surface area (Å²) in [5.41, 5.74) is 0.758. The van der Waals surface area contributed by atoms with Gasteiger partial charge in [0.25, 0.3) is 0 Å². The predicted molar refractivity (Wildman–Crippen MR) is 85.7 cm³/mol. The van der Waals surface area contributed by atoms with E-state index >= 15 is 0 Å². The van der Waals surface area contributed by atoms with Crippen LogP contribution in [0.5, 0.6) is 5.75 Å². The molecule has 0 bridgehead atoms. The summed E-state index contributed by atoms with van der Waals surface area (Å²) in [7, 11) is 0. The van der Waals surface area contributed by atoms with Crippen LogP contribution >= 0.6 is 0 Å². The van der Waals surface area contributed by atoms with Gasteiger partial charge in [-0.25, -0.2) is 0 Å². The highest BCUT2D eigenvalue weighted by Gasteiger charge is 2.23. The number of nitrogens with zero attached hydrogens (tertiary/aromatic N) is 2. The molecule has 1 heterocycles. The Hall–Kier alpha value is -1.73. The second kappa shape index (κ2) is 7.33. The molecule has 0 amide bonds. The molecule has 0 aliphatic carbocycles. The number of para-hydroxylation sites is 2. The van der Waals surface area contributed by atoms with Crippen LogP contribution in [0.1, 0.15) is 33.1 Å². The van der Waals surface area contributed by atoms with Crippen LogP contribution in [-0.4, -0.2) is 31.8 Å². The van der Waals surface area contributed by atoms with E-state index in [-0.39, 0.29) is 0 Å². The molecule has 1 aromatic carbocycles. The van der Waals surface area contributed by atoms with Crippen molar-refractivity contribution in [2.24, 2.45) is 0 Å². The molecule has 0 saturated carbocycles. The zero-order chi connectivity index (χ0) is 15.1. The number of fused-ring (bicyclic) bond motifs is 1. The Morgan fingerprint density at radius 3 is 3.00 bits per heavy atom. The third kappa shape index (κ3) is 4.12. The van der Waals surface area contributed by atoms with Crippen LogP contribution in [0.4, 0.5) is 5.69 Å². The Kier molecular flexibility index (Phi) is 5.46. The molecule has 0 radical (unpaired) electrons. The molecule has 0 spiro atoms.